The van der Waals surface area contributed by atoms with Crippen molar-refractivity contribution >= 4 is 17.6 Å². The molecule has 0 atom stereocenters. The molecule has 0 spiro atoms. The summed E-state index contributed by atoms with van der Waals surface area (Å²) < 4.78 is 49.4. The predicted octanol–water partition coefficient (Wildman–Crippen LogP) is 5.68. The summed E-state index contributed by atoms with van der Waals surface area (Å²) >= 11 is 0. The van der Waals surface area contributed by atoms with E-state index < -0.39 is 29.4 Å². The molecule has 2 rings (SSSR count). The second-order valence-corrected chi connectivity index (χ2v) is 8.15. The molecule has 6 nitrogen and oxygen atoms in total. The summed E-state index contributed by atoms with van der Waals surface area (Å²) in [6.07, 6.45) is -1.26. The van der Waals surface area contributed by atoms with Crippen LogP contribution in [0.1, 0.15) is 37.5 Å². The van der Waals surface area contributed by atoms with E-state index in [9.17, 15) is 22.8 Å². The van der Waals surface area contributed by atoms with Crippen LogP contribution in [0, 0.1) is 0 Å². The minimum atomic E-state index is -4.46. The smallest absolute Gasteiger partial charge is 0.416 e. The third-order valence-electron chi connectivity index (χ3n) is 4.23. The number of carboxylic acids is 1. The fourth-order valence-corrected chi connectivity index (χ4v) is 2.79. The van der Waals surface area contributed by atoms with Crippen molar-refractivity contribution in [3.8, 4) is 5.75 Å². The zero-order valence-electron chi connectivity index (χ0n) is 19.0. The fourth-order valence-electron chi connectivity index (χ4n) is 2.79. The molecule has 2 N–H and O–H groups in total. The van der Waals surface area contributed by atoms with Crippen molar-refractivity contribution in [1.29, 1.82) is 0 Å². The molecular formula is C25H26F3NO5. The Bertz CT molecular complexity index is 1030. The van der Waals surface area contributed by atoms with E-state index >= 15 is 0 Å². The van der Waals surface area contributed by atoms with E-state index in [4.69, 9.17) is 14.6 Å². The fraction of sp³-hybridized carbons (Fsp3) is 0.280. The molecule has 0 radical (unpaired) electrons. The van der Waals surface area contributed by atoms with Gasteiger partial charge in [-0.3, -0.25) is 0 Å². The maximum atomic E-state index is 12.9. The number of halogens is 3. The molecule has 0 heterocycles. The van der Waals surface area contributed by atoms with E-state index in [1.165, 1.54) is 24.3 Å². The summed E-state index contributed by atoms with van der Waals surface area (Å²) in [6.45, 7) is 5.70. The van der Waals surface area contributed by atoms with Crippen LogP contribution in [-0.2, 0) is 15.7 Å². The van der Waals surface area contributed by atoms with E-state index in [1.54, 1.807) is 45.0 Å². The first kappa shape index (κ1) is 26.5. The molecule has 0 aromatic heterocycles. The van der Waals surface area contributed by atoms with Gasteiger partial charge in [-0.1, -0.05) is 36.4 Å². The summed E-state index contributed by atoms with van der Waals surface area (Å²) in [5, 5.41) is 11.4. The third kappa shape index (κ3) is 9.01. The Morgan fingerprint density at radius 1 is 0.971 bits per heavy atom. The van der Waals surface area contributed by atoms with Crippen LogP contribution in [0.2, 0.25) is 0 Å². The van der Waals surface area contributed by atoms with Gasteiger partial charge >= 0.3 is 18.2 Å². The molecule has 2 aromatic carbocycles. The molecule has 9 heteroatoms. The van der Waals surface area contributed by atoms with Gasteiger partial charge in [0, 0.05) is 6.08 Å². The maximum absolute atomic E-state index is 12.9. The van der Waals surface area contributed by atoms with Crippen LogP contribution in [-0.4, -0.2) is 35.9 Å². The van der Waals surface area contributed by atoms with E-state index in [1.807, 2.05) is 0 Å². The molecule has 182 valence electrons. The van der Waals surface area contributed by atoms with Crippen LogP contribution >= 0.6 is 0 Å². The Kier molecular flexibility index (Phi) is 8.89. The highest BCUT2D eigenvalue weighted by molar-refractivity contribution is 5.84. The number of alkyl halides is 3. The summed E-state index contributed by atoms with van der Waals surface area (Å²) in [7, 11) is 0. The number of nitrogens with one attached hydrogen (secondary N) is 1. The van der Waals surface area contributed by atoms with E-state index in [-0.39, 0.29) is 13.2 Å². The second-order valence-electron chi connectivity index (χ2n) is 8.15. The average Bonchev–Trinajstić information content (AvgIpc) is 2.73. The summed E-state index contributed by atoms with van der Waals surface area (Å²) in [5.74, 6) is -0.630. The lowest BCUT2D eigenvalue weighted by molar-refractivity contribution is -0.137. The number of carbonyl (C=O) groups is 2. The number of hydrogen-bond acceptors (Lipinski definition) is 4. The van der Waals surface area contributed by atoms with Crippen LogP contribution in [0.25, 0.3) is 5.57 Å². The lowest BCUT2D eigenvalue weighted by atomic mass is 9.96. The number of carboxylic acid groups (broad SMARTS) is 1. The number of rotatable bonds is 8. The Morgan fingerprint density at radius 3 is 2.03 bits per heavy atom. The van der Waals surface area contributed by atoms with Gasteiger partial charge in [-0.2, -0.15) is 13.2 Å². The topological polar surface area (TPSA) is 84.9 Å². The molecule has 0 aliphatic rings. The van der Waals surface area contributed by atoms with Crippen LogP contribution in [0.3, 0.4) is 0 Å². The normalized spacial score (nSPS) is 12.5. The first-order valence-electron chi connectivity index (χ1n) is 10.3. The number of ether oxygens (including phenoxy) is 2. The minimum Gasteiger partial charge on any atom is -0.492 e. The molecule has 34 heavy (non-hydrogen) atoms. The first-order chi connectivity index (χ1) is 15.8. The number of hydrogen-bond donors (Lipinski definition) is 2. The maximum Gasteiger partial charge on any atom is 0.416 e. The van der Waals surface area contributed by atoms with Gasteiger partial charge in [-0.25, -0.2) is 9.59 Å². The van der Waals surface area contributed by atoms with E-state index in [0.717, 1.165) is 18.2 Å². The standard InChI is InChI=1S/C25H26F3NO5/c1-24(2,3)34-23(32)29-15-16-33-20-13-9-18(10-14-20)21(5-4-6-22(30)31)17-7-11-19(12-8-17)25(26,27)28/h4-14H,15-16H2,1-3H3,(H,29,32)(H,30,31). The Morgan fingerprint density at radius 2 is 1.53 bits per heavy atom. The first-order valence-corrected chi connectivity index (χ1v) is 10.3. The van der Waals surface area contributed by atoms with Crippen molar-refractivity contribution in [2.75, 3.05) is 13.2 Å². The van der Waals surface area contributed by atoms with Gasteiger partial charge in [0.2, 0.25) is 0 Å². The van der Waals surface area contributed by atoms with Crippen molar-refractivity contribution in [2.24, 2.45) is 0 Å². The number of allylic oxidation sites excluding steroid dienone is 2. The molecule has 0 fully saturated rings. The van der Waals surface area contributed by atoms with Gasteiger partial charge in [0.15, 0.2) is 0 Å². The predicted molar refractivity (Wildman–Crippen MR) is 121 cm³/mol. The SMILES string of the molecule is CC(C)(C)OC(=O)NCCOc1ccc(C(=CC=CC(=O)O)c2ccc(C(F)(F)F)cc2)cc1. The van der Waals surface area contributed by atoms with Crippen LogP contribution < -0.4 is 10.1 Å². The molecule has 0 aliphatic heterocycles. The largest absolute Gasteiger partial charge is 0.492 e. The molecule has 2 aromatic rings. The third-order valence-corrected chi connectivity index (χ3v) is 4.23. The highest BCUT2D eigenvalue weighted by atomic mass is 19.4. The summed E-state index contributed by atoms with van der Waals surface area (Å²) in [4.78, 5) is 22.4. The zero-order valence-corrected chi connectivity index (χ0v) is 19.0. The van der Waals surface area contributed by atoms with Crippen molar-refractivity contribution in [3.63, 3.8) is 0 Å². The van der Waals surface area contributed by atoms with E-state index in [2.05, 4.69) is 5.32 Å². The zero-order chi connectivity index (χ0) is 25.4. The highest BCUT2D eigenvalue weighted by Gasteiger charge is 2.30. The number of amides is 1. The van der Waals surface area contributed by atoms with Crippen molar-refractivity contribution in [2.45, 2.75) is 32.5 Å². The monoisotopic (exact) mass is 477 g/mol. The van der Waals surface area contributed by atoms with Gasteiger partial charge in [-0.15, -0.1) is 0 Å². The summed E-state index contributed by atoms with van der Waals surface area (Å²) in [6, 6.07) is 11.3. The minimum absolute atomic E-state index is 0.196. The molecule has 0 saturated heterocycles. The van der Waals surface area contributed by atoms with Crippen LogP contribution in [0.15, 0.2) is 66.8 Å². The van der Waals surface area contributed by atoms with Crippen LogP contribution in [0.4, 0.5) is 18.0 Å². The van der Waals surface area contributed by atoms with Gasteiger partial charge in [0.25, 0.3) is 0 Å². The van der Waals surface area contributed by atoms with Gasteiger partial charge in [0.05, 0.1) is 12.1 Å². The Hall–Kier alpha value is -3.75. The van der Waals surface area contributed by atoms with Gasteiger partial charge < -0.3 is 19.9 Å². The quantitative estimate of drug-likeness (QED) is 0.290. The summed E-state index contributed by atoms with van der Waals surface area (Å²) in [5.41, 5.74) is 0.288. The molecule has 0 aliphatic carbocycles. The lowest BCUT2D eigenvalue weighted by Crippen LogP contribution is -2.34. The highest BCUT2D eigenvalue weighted by Crippen LogP contribution is 2.32. The van der Waals surface area contributed by atoms with Gasteiger partial charge in [0.1, 0.15) is 18.0 Å². The van der Waals surface area contributed by atoms with Crippen LogP contribution in [0.5, 0.6) is 5.75 Å². The number of alkyl carbamates (subject to hydrolysis) is 1. The Labute approximate surface area is 195 Å². The van der Waals surface area contributed by atoms with Crippen molar-refractivity contribution in [3.05, 3.63) is 83.4 Å². The van der Waals surface area contributed by atoms with Crippen molar-refractivity contribution in [1.82, 2.24) is 5.32 Å². The average molecular weight is 477 g/mol. The number of benzene rings is 2. The Balaban J connectivity index is 2.11. The molecule has 1 amide bonds. The molecular weight excluding hydrogens is 451 g/mol. The number of aliphatic carboxylic acids is 1. The molecule has 0 saturated carbocycles. The molecule has 0 bridgehead atoms. The van der Waals surface area contributed by atoms with Gasteiger partial charge in [-0.05, 0) is 61.7 Å². The lowest BCUT2D eigenvalue weighted by Gasteiger charge is -2.19. The van der Waals surface area contributed by atoms with E-state index in [0.29, 0.717) is 22.4 Å². The van der Waals surface area contributed by atoms with Crippen molar-refractivity contribution < 1.29 is 37.3 Å². The number of carbonyl (C=O) groups excluding carboxylic acids is 1. The molecule has 0 unspecified atom stereocenters. The second kappa shape index (κ2) is 11.4.